The summed E-state index contributed by atoms with van der Waals surface area (Å²) in [5.74, 6) is -0.447. The molecule has 0 saturated heterocycles. The Bertz CT molecular complexity index is 717. The van der Waals surface area contributed by atoms with E-state index in [1.165, 1.54) is 13.2 Å². The molecule has 0 heterocycles. The molecule has 0 amide bonds. The van der Waals surface area contributed by atoms with Crippen LogP contribution in [0.15, 0.2) is 60.2 Å². The number of carbonyl (C=O) groups excluding carboxylic acids is 2. The number of carbonyl (C=O) groups is 2. The number of ether oxygens (including phenoxy) is 2. The van der Waals surface area contributed by atoms with Gasteiger partial charge in [-0.2, -0.15) is 0 Å². The molecule has 0 aliphatic heterocycles. The zero-order valence-corrected chi connectivity index (χ0v) is 13.1. The van der Waals surface area contributed by atoms with E-state index in [2.05, 4.69) is 0 Å². The van der Waals surface area contributed by atoms with Gasteiger partial charge in [0.2, 0.25) is 0 Å². The Hall–Kier alpha value is -2.88. The van der Waals surface area contributed by atoms with Crippen molar-refractivity contribution in [2.75, 3.05) is 13.7 Å². The average Bonchev–Trinajstić information content (AvgIpc) is 2.60. The molecule has 4 heteroatoms. The molecule has 0 aliphatic rings. The predicted molar refractivity (Wildman–Crippen MR) is 88.4 cm³/mol. The molecule has 0 unspecified atom stereocenters. The monoisotopic (exact) mass is 310 g/mol. The van der Waals surface area contributed by atoms with Gasteiger partial charge in [0.05, 0.1) is 13.7 Å². The lowest BCUT2D eigenvalue weighted by atomic mass is 10.0. The molecule has 0 radical (unpaired) electrons. The van der Waals surface area contributed by atoms with E-state index < -0.39 is 5.97 Å². The van der Waals surface area contributed by atoms with Crippen LogP contribution in [0, 0.1) is 0 Å². The molecule has 23 heavy (non-hydrogen) atoms. The first-order valence-electron chi connectivity index (χ1n) is 7.29. The SMILES string of the molecule is CCOC(=O)/C(=C/c1ccccc1OC)C(=O)c1ccccc1. The third-order valence-electron chi connectivity index (χ3n) is 3.21. The summed E-state index contributed by atoms with van der Waals surface area (Å²) in [6, 6.07) is 15.8. The highest BCUT2D eigenvalue weighted by Crippen LogP contribution is 2.22. The Morgan fingerprint density at radius 3 is 2.30 bits per heavy atom. The molecular weight excluding hydrogens is 292 g/mol. The van der Waals surface area contributed by atoms with Crippen molar-refractivity contribution in [2.24, 2.45) is 0 Å². The van der Waals surface area contributed by atoms with Crippen LogP contribution in [0.2, 0.25) is 0 Å². The molecule has 118 valence electrons. The van der Waals surface area contributed by atoms with Crippen molar-refractivity contribution in [1.29, 1.82) is 0 Å². The molecule has 2 aromatic rings. The second-order valence-corrected chi connectivity index (χ2v) is 4.72. The van der Waals surface area contributed by atoms with Crippen LogP contribution in [0.3, 0.4) is 0 Å². The van der Waals surface area contributed by atoms with Gasteiger partial charge in [-0.1, -0.05) is 48.5 Å². The van der Waals surface area contributed by atoms with Crippen molar-refractivity contribution in [1.82, 2.24) is 0 Å². The van der Waals surface area contributed by atoms with Crippen LogP contribution in [-0.4, -0.2) is 25.5 Å². The zero-order chi connectivity index (χ0) is 16.7. The summed E-state index contributed by atoms with van der Waals surface area (Å²) in [5.41, 5.74) is 1.05. The number of hydrogen-bond acceptors (Lipinski definition) is 4. The molecule has 0 fully saturated rings. The maximum atomic E-state index is 12.7. The van der Waals surface area contributed by atoms with Gasteiger partial charge in [0, 0.05) is 11.1 Å². The van der Waals surface area contributed by atoms with E-state index in [0.717, 1.165) is 0 Å². The van der Waals surface area contributed by atoms with Crippen LogP contribution in [0.5, 0.6) is 5.75 Å². The van der Waals surface area contributed by atoms with Crippen molar-refractivity contribution < 1.29 is 19.1 Å². The normalized spacial score (nSPS) is 11.0. The van der Waals surface area contributed by atoms with Crippen LogP contribution in [0.1, 0.15) is 22.8 Å². The summed E-state index contributed by atoms with van der Waals surface area (Å²) in [4.78, 5) is 24.9. The molecule has 0 aliphatic carbocycles. The van der Waals surface area contributed by atoms with Crippen molar-refractivity contribution >= 4 is 17.8 Å². The van der Waals surface area contributed by atoms with Crippen LogP contribution in [-0.2, 0) is 9.53 Å². The van der Waals surface area contributed by atoms with E-state index in [-0.39, 0.29) is 18.0 Å². The predicted octanol–water partition coefficient (Wildman–Crippen LogP) is 3.52. The molecule has 0 saturated carbocycles. The van der Waals surface area contributed by atoms with Crippen LogP contribution in [0.25, 0.3) is 6.08 Å². The quantitative estimate of drug-likeness (QED) is 0.269. The number of para-hydroxylation sites is 1. The van der Waals surface area contributed by atoms with Gasteiger partial charge in [0.15, 0.2) is 5.78 Å². The number of esters is 1. The number of methoxy groups -OCH3 is 1. The van der Waals surface area contributed by atoms with E-state index in [4.69, 9.17) is 9.47 Å². The highest BCUT2D eigenvalue weighted by molar-refractivity contribution is 6.27. The minimum Gasteiger partial charge on any atom is -0.496 e. The van der Waals surface area contributed by atoms with E-state index in [0.29, 0.717) is 16.9 Å². The van der Waals surface area contributed by atoms with Crippen LogP contribution in [0.4, 0.5) is 0 Å². The lowest BCUT2D eigenvalue weighted by molar-refractivity contribution is -0.137. The Kier molecular flexibility index (Phi) is 5.69. The minimum atomic E-state index is -0.646. The molecule has 0 aromatic heterocycles. The Labute approximate surface area is 135 Å². The maximum absolute atomic E-state index is 12.7. The van der Waals surface area contributed by atoms with Gasteiger partial charge >= 0.3 is 5.97 Å². The molecular formula is C19H18O4. The lowest BCUT2D eigenvalue weighted by Gasteiger charge is -2.09. The fourth-order valence-electron chi connectivity index (χ4n) is 2.11. The summed E-state index contributed by atoms with van der Waals surface area (Å²) in [5, 5.41) is 0. The van der Waals surface area contributed by atoms with Gasteiger partial charge in [0.1, 0.15) is 11.3 Å². The molecule has 2 rings (SSSR count). The topological polar surface area (TPSA) is 52.6 Å². The fraction of sp³-hybridized carbons (Fsp3) is 0.158. The van der Waals surface area contributed by atoms with Gasteiger partial charge in [-0.15, -0.1) is 0 Å². The summed E-state index contributed by atoms with van der Waals surface area (Å²) in [7, 11) is 1.54. The Balaban J connectivity index is 2.48. The van der Waals surface area contributed by atoms with E-state index in [9.17, 15) is 9.59 Å². The second kappa shape index (κ2) is 7.94. The van der Waals surface area contributed by atoms with Gasteiger partial charge in [-0.05, 0) is 19.1 Å². The van der Waals surface area contributed by atoms with Crippen molar-refractivity contribution in [3.63, 3.8) is 0 Å². The van der Waals surface area contributed by atoms with Crippen molar-refractivity contribution in [2.45, 2.75) is 6.92 Å². The van der Waals surface area contributed by atoms with E-state index in [1.54, 1.807) is 43.3 Å². The summed E-state index contributed by atoms with van der Waals surface area (Å²) in [6.07, 6.45) is 1.51. The van der Waals surface area contributed by atoms with Gasteiger partial charge < -0.3 is 9.47 Å². The molecule has 4 nitrogen and oxygen atoms in total. The van der Waals surface area contributed by atoms with E-state index in [1.807, 2.05) is 18.2 Å². The van der Waals surface area contributed by atoms with E-state index >= 15 is 0 Å². The smallest absolute Gasteiger partial charge is 0.342 e. The second-order valence-electron chi connectivity index (χ2n) is 4.72. The summed E-state index contributed by atoms with van der Waals surface area (Å²) < 4.78 is 10.3. The summed E-state index contributed by atoms with van der Waals surface area (Å²) in [6.45, 7) is 1.90. The number of hydrogen-bond donors (Lipinski definition) is 0. The number of ketones is 1. The van der Waals surface area contributed by atoms with Crippen LogP contribution < -0.4 is 4.74 Å². The first kappa shape index (κ1) is 16.5. The third kappa shape index (κ3) is 4.07. The molecule has 0 N–H and O–H groups in total. The largest absolute Gasteiger partial charge is 0.496 e. The fourth-order valence-corrected chi connectivity index (χ4v) is 2.11. The molecule has 2 aromatic carbocycles. The maximum Gasteiger partial charge on any atom is 0.342 e. The average molecular weight is 310 g/mol. The highest BCUT2D eigenvalue weighted by Gasteiger charge is 2.21. The van der Waals surface area contributed by atoms with Crippen molar-refractivity contribution in [3.8, 4) is 5.75 Å². The zero-order valence-electron chi connectivity index (χ0n) is 13.1. The minimum absolute atomic E-state index is 0.0254. The summed E-state index contributed by atoms with van der Waals surface area (Å²) >= 11 is 0. The Morgan fingerprint density at radius 2 is 1.65 bits per heavy atom. The molecule has 0 atom stereocenters. The van der Waals surface area contributed by atoms with Crippen molar-refractivity contribution in [3.05, 3.63) is 71.3 Å². The van der Waals surface area contributed by atoms with Gasteiger partial charge in [-0.25, -0.2) is 4.79 Å². The highest BCUT2D eigenvalue weighted by atomic mass is 16.5. The molecule has 0 spiro atoms. The van der Waals surface area contributed by atoms with Gasteiger partial charge in [0.25, 0.3) is 0 Å². The number of Topliss-reactive ketones (excluding diaryl/α,β-unsaturated/α-hetero) is 1. The number of rotatable bonds is 6. The first-order valence-corrected chi connectivity index (χ1v) is 7.29. The first-order chi connectivity index (χ1) is 11.2. The Morgan fingerprint density at radius 1 is 1.00 bits per heavy atom. The standard InChI is InChI=1S/C19H18O4/c1-3-23-19(21)16(18(20)14-9-5-4-6-10-14)13-15-11-7-8-12-17(15)22-2/h4-13H,3H2,1-2H3/b16-13+. The molecule has 0 bridgehead atoms. The third-order valence-corrected chi connectivity index (χ3v) is 3.21. The van der Waals surface area contributed by atoms with Gasteiger partial charge in [-0.3, -0.25) is 4.79 Å². The lowest BCUT2D eigenvalue weighted by Crippen LogP contribution is -2.16. The van der Waals surface area contributed by atoms with Crippen LogP contribution >= 0.6 is 0 Å². The number of benzene rings is 2.